The van der Waals surface area contributed by atoms with Gasteiger partial charge in [-0.1, -0.05) is 65.8 Å². The topological polar surface area (TPSA) is 87.1 Å². The molecule has 1 atom stereocenters. The molecule has 0 aromatic heterocycles. The highest BCUT2D eigenvalue weighted by Crippen LogP contribution is 2.05. The van der Waals surface area contributed by atoms with Crippen LogP contribution in [0.1, 0.15) is 11.1 Å². The molecule has 0 saturated heterocycles. The summed E-state index contributed by atoms with van der Waals surface area (Å²) in [5.41, 5.74) is 10.4. The Balaban J connectivity index is 1.88. The lowest BCUT2D eigenvalue weighted by molar-refractivity contribution is 0.136. The van der Waals surface area contributed by atoms with Crippen LogP contribution >= 0.6 is 0 Å². The number of azide groups is 1. The van der Waals surface area contributed by atoms with Gasteiger partial charge in [0.1, 0.15) is 6.61 Å². The maximum Gasteiger partial charge on any atom is 0.407 e. The van der Waals surface area contributed by atoms with Crippen molar-refractivity contribution in [1.82, 2.24) is 5.32 Å². The Hall–Kier alpha value is -2.98. The van der Waals surface area contributed by atoms with Crippen molar-refractivity contribution in [1.29, 1.82) is 0 Å². The largest absolute Gasteiger partial charge is 0.445 e. The summed E-state index contributed by atoms with van der Waals surface area (Å²) >= 11 is 0. The number of hydrogen-bond donors (Lipinski definition) is 1. The summed E-state index contributed by atoms with van der Waals surface area (Å²) in [5.74, 6) is 0. The summed E-state index contributed by atoms with van der Waals surface area (Å²) in [4.78, 5) is 14.7. The van der Waals surface area contributed by atoms with Crippen LogP contribution in [-0.2, 0) is 17.8 Å². The molecule has 23 heavy (non-hydrogen) atoms. The molecule has 0 radical (unpaired) electrons. The van der Waals surface area contributed by atoms with Crippen LogP contribution in [-0.4, -0.2) is 18.7 Å². The maximum absolute atomic E-state index is 11.9. The van der Waals surface area contributed by atoms with Crippen molar-refractivity contribution in [3.05, 3.63) is 82.2 Å². The zero-order valence-corrected chi connectivity index (χ0v) is 12.6. The van der Waals surface area contributed by atoms with E-state index in [1.165, 1.54) is 0 Å². The molecule has 0 bridgehead atoms. The van der Waals surface area contributed by atoms with Gasteiger partial charge in [-0.25, -0.2) is 4.79 Å². The van der Waals surface area contributed by atoms with Crippen LogP contribution in [0, 0.1) is 0 Å². The standard InChI is InChI=1S/C17H18N4O2/c18-21-19-12-16(11-14-7-3-1-4-8-14)20-17(22)23-13-15-9-5-2-6-10-15/h1-10,16H,11-13H2,(H,20,22). The predicted octanol–water partition coefficient (Wildman–Crippen LogP) is 3.83. The first-order valence-corrected chi connectivity index (χ1v) is 7.30. The number of amides is 1. The van der Waals surface area contributed by atoms with Crippen LogP contribution < -0.4 is 5.32 Å². The van der Waals surface area contributed by atoms with Crippen LogP contribution in [0.3, 0.4) is 0 Å². The second-order valence-electron chi connectivity index (χ2n) is 5.01. The second kappa shape index (κ2) is 9.12. The molecule has 1 amide bonds. The van der Waals surface area contributed by atoms with Gasteiger partial charge in [0.2, 0.25) is 0 Å². The predicted molar refractivity (Wildman–Crippen MR) is 87.7 cm³/mol. The molecule has 1 unspecified atom stereocenters. The van der Waals surface area contributed by atoms with Gasteiger partial charge in [0.05, 0.1) is 0 Å². The third-order valence-electron chi connectivity index (χ3n) is 3.22. The van der Waals surface area contributed by atoms with E-state index in [9.17, 15) is 4.79 Å². The molecule has 0 aliphatic rings. The number of hydrogen-bond acceptors (Lipinski definition) is 3. The second-order valence-corrected chi connectivity index (χ2v) is 5.01. The first kappa shape index (κ1) is 16.4. The molecule has 6 nitrogen and oxygen atoms in total. The Morgan fingerprint density at radius 1 is 1.09 bits per heavy atom. The van der Waals surface area contributed by atoms with Gasteiger partial charge in [-0.2, -0.15) is 0 Å². The summed E-state index contributed by atoms with van der Waals surface area (Å²) in [6, 6.07) is 18.8. The SMILES string of the molecule is [N-]=[N+]=NCC(Cc1ccccc1)NC(=O)OCc1ccccc1. The highest BCUT2D eigenvalue weighted by Gasteiger charge is 2.13. The van der Waals surface area contributed by atoms with Gasteiger partial charge in [-0.05, 0) is 23.1 Å². The molecule has 0 aliphatic heterocycles. The smallest absolute Gasteiger partial charge is 0.407 e. The molecule has 6 heteroatoms. The van der Waals surface area contributed by atoms with Crippen molar-refractivity contribution in [3.63, 3.8) is 0 Å². The number of carbonyl (C=O) groups is 1. The number of nitrogens with zero attached hydrogens (tertiary/aromatic N) is 3. The normalized spacial score (nSPS) is 11.1. The van der Waals surface area contributed by atoms with E-state index < -0.39 is 6.09 Å². The van der Waals surface area contributed by atoms with Crippen LogP contribution in [0.2, 0.25) is 0 Å². The minimum Gasteiger partial charge on any atom is -0.445 e. The average Bonchev–Trinajstić information content (AvgIpc) is 2.60. The summed E-state index contributed by atoms with van der Waals surface area (Å²) in [5, 5.41) is 6.29. The van der Waals surface area contributed by atoms with E-state index in [4.69, 9.17) is 10.3 Å². The molecule has 0 heterocycles. The first-order valence-electron chi connectivity index (χ1n) is 7.30. The van der Waals surface area contributed by atoms with E-state index in [1.54, 1.807) is 0 Å². The molecule has 2 rings (SSSR count). The molecule has 2 aromatic rings. The molecular formula is C17H18N4O2. The Labute approximate surface area is 134 Å². The highest BCUT2D eigenvalue weighted by molar-refractivity contribution is 5.67. The number of benzene rings is 2. The number of alkyl carbamates (subject to hydrolysis) is 1. The lowest BCUT2D eigenvalue weighted by atomic mass is 10.1. The molecule has 0 aliphatic carbocycles. The zero-order chi connectivity index (χ0) is 16.3. The Morgan fingerprint density at radius 2 is 1.70 bits per heavy atom. The number of rotatable bonds is 7. The van der Waals surface area contributed by atoms with Gasteiger partial charge in [0.15, 0.2) is 0 Å². The fourth-order valence-corrected chi connectivity index (χ4v) is 2.13. The monoisotopic (exact) mass is 310 g/mol. The van der Waals surface area contributed by atoms with Crippen molar-refractivity contribution in [2.45, 2.75) is 19.1 Å². The minimum absolute atomic E-state index is 0.172. The maximum atomic E-state index is 11.9. The third-order valence-corrected chi connectivity index (χ3v) is 3.22. The van der Waals surface area contributed by atoms with E-state index in [2.05, 4.69) is 15.3 Å². The fourth-order valence-electron chi connectivity index (χ4n) is 2.13. The van der Waals surface area contributed by atoms with Crippen LogP contribution in [0.25, 0.3) is 10.4 Å². The zero-order valence-electron chi connectivity index (χ0n) is 12.6. The van der Waals surface area contributed by atoms with Gasteiger partial charge >= 0.3 is 6.09 Å². The fraction of sp³-hybridized carbons (Fsp3) is 0.235. The van der Waals surface area contributed by atoms with Crippen LogP contribution in [0.4, 0.5) is 4.79 Å². The van der Waals surface area contributed by atoms with Crippen molar-refractivity contribution < 1.29 is 9.53 Å². The van der Waals surface area contributed by atoms with Crippen molar-refractivity contribution in [2.75, 3.05) is 6.54 Å². The molecule has 0 spiro atoms. The number of nitrogens with one attached hydrogen (secondary N) is 1. The molecule has 0 fully saturated rings. The van der Waals surface area contributed by atoms with Gasteiger partial charge in [-0.15, -0.1) is 0 Å². The number of ether oxygens (including phenoxy) is 1. The van der Waals surface area contributed by atoms with E-state index >= 15 is 0 Å². The van der Waals surface area contributed by atoms with Gasteiger partial charge < -0.3 is 10.1 Å². The Bertz CT molecular complexity index is 655. The van der Waals surface area contributed by atoms with Crippen molar-refractivity contribution in [2.24, 2.45) is 5.11 Å². The molecule has 0 saturated carbocycles. The molecular weight excluding hydrogens is 292 g/mol. The van der Waals surface area contributed by atoms with Gasteiger partial charge in [0.25, 0.3) is 0 Å². The highest BCUT2D eigenvalue weighted by atomic mass is 16.5. The molecule has 2 aromatic carbocycles. The quantitative estimate of drug-likeness (QED) is 0.478. The summed E-state index contributed by atoms with van der Waals surface area (Å²) in [7, 11) is 0. The lowest BCUT2D eigenvalue weighted by Crippen LogP contribution is -2.38. The summed E-state index contributed by atoms with van der Waals surface area (Å²) in [6.07, 6.45) is 0.0447. The van der Waals surface area contributed by atoms with E-state index in [-0.39, 0.29) is 19.2 Å². The molecule has 118 valence electrons. The van der Waals surface area contributed by atoms with Crippen LogP contribution in [0.5, 0.6) is 0 Å². The van der Waals surface area contributed by atoms with Crippen molar-refractivity contribution >= 4 is 6.09 Å². The average molecular weight is 310 g/mol. The number of carbonyl (C=O) groups excluding carboxylic acids is 1. The van der Waals surface area contributed by atoms with Gasteiger partial charge in [0, 0.05) is 17.5 Å². The van der Waals surface area contributed by atoms with Crippen LogP contribution in [0.15, 0.2) is 65.8 Å². The van der Waals surface area contributed by atoms with Gasteiger partial charge in [-0.3, -0.25) is 0 Å². The minimum atomic E-state index is -0.525. The molecule has 1 N–H and O–H groups in total. The Morgan fingerprint density at radius 3 is 2.30 bits per heavy atom. The van der Waals surface area contributed by atoms with Crippen molar-refractivity contribution in [3.8, 4) is 0 Å². The first-order chi connectivity index (χ1) is 11.3. The van der Waals surface area contributed by atoms with E-state index in [1.807, 2.05) is 60.7 Å². The van der Waals surface area contributed by atoms with E-state index in [0.717, 1.165) is 11.1 Å². The Kier molecular flexibility index (Phi) is 6.50. The summed E-state index contributed by atoms with van der Waals surface area (Å²) < 4.78 is 5.19. The summed E-state index contributed by atoms with van der Waals surface area (Å²) in [6.45, 7) is 0.373. The lowest BCUT2D eigenvalue weighted by Gasteiger charge is -2.16. The van der Waals surface area contributed by atoms with E-state index in [0.29, 0.717) is 6.42 Å². The third kappa shape index (κ3) is 6.11.